The number of aliphatic hydroxyl groups is 1. The van der Waals surface area contributed by atoms with Crippen LogP contribution in [0.4, 0.5) is 0 Å². The molecule has 4 heteroatoms. The van der Waals surface area contributed by atoms with Crippen molar-refractivity contribution >= 4 is 11.7 Å². The molecule has 2 aliphatic rings. The minimum absolute atomic E-state index is 0.0818. The maximum atomic E-state index is 12.3. The van der Waals surface area contributed by atoms with E-state index in [1.165, 1.54) is 13.3 Å². The number of ketones is 1. The molecule has 96 valence electrons. The number of nitrogens with zero attached hydrogens (tertiary/aromatic N) is 1. The summed E-state index contributed by atoms with van der Waals surface area (Å²) in [6, 6.07) is -0.643. The summed E-state index contributed by atoms with van der Waals surface area (Å²) in [7, 11) is 0. The van der Waals surface area contributed by atoms with E-state index in [9.17, 15) is 14.7 Å². The van der Waals surface area contributed by atoms with Crippen LogP contribution in [0.3, 0.4) is 0 Å². The lowest BCUT2D eigenvalue weighted by atomic mass is 9.67. The molecule has 0 aromatic heterocycles. The zero-order valence-electron chi connectivity index (χ0n) is 10.6. The van der Waals surface area contributed by atoms with Crippen LogP contribution in [0.1, 0.15) is 46.0 Å². The number of hydrogen-bond acceptors (Lipinski definition) is 3. The van der Waals surface area contributed by atoms with Gasteiger partial charge in [0.1, 0.15) is 6.04 Å². The first kappa shape index (κ1) is 12.6. The first-order valence-corrected chi connectivity index (χ1v) is 6.47. The van der Waals surface area contributed by atoms with Gasteiger partial charge in [0.2, 0.25) is 5.91 Å². The maximum absolute atomic E-state index is 12.3. The van der Waals surface area contributed by atoms with Gasteiger partial charge in [0.15, 0.2) is 5.78 Å². The van der Waals surface area contributed by atoms with Crippen molar-refractivity contribution < 1.29 is 14.7 Å². The molecule has 2 atom stereocenters. The number of rotatable bonds is 3. The Bertz CT molecular complexity index is 332. The predicted molar refractivity (Wildman–Crippen MR) is 63.4 cm³/mol. The fourth-order valence-corrected chi connectivity index (χ4v) is 3.32. The molecule has 1 aliphatic heterocycles. The van der Waals surface area contributed by atoms with Crippen molar-refractivity contribution in [2.75, 3.05) is 6.54 Å². The van der Waals surface area contributed by atoms with E-state index < -0.39 is 12.1 Å². The van der Waals surface area contributed by atoms with Crippen LogP contribution in [0.2, 0.25) is 0 Å². The van der Waals surface area contributed by atoms with Gasteiger partial charge in [-0.2, -0.15) is 0 Å². The highest BCUT2D eigenvalue weighted by Gasteiger charge is 2.55. The molecule has 1 saturated heterocycles. The molecule has 2 rings (SSSR count). The Labute approximate surface area is 102 Å². The fourth-order valence-electron chi connectivity index (χ4n) is 3.32. The first-order chi connectivity index (χ1) is 7.98. The molecule has 1 heterocycles. The van der Waals surface area contributed by atoms with E-state index in [4.69, 9.17) is 0 Å². The minimum atomic E-state index is -0.780. The van der Waals surface area contributed by atoms with Crippen molar-refractivity contribution in [2.45, 2.75) is 58.1 Å². The Balaban J connectivity index is 2.07. The summed E-state index contributed by atoms with van der Waals surface area (Å²) < 4.78 is 0. The number of β-lactam (4-membered cyclic amide) rings is 1. The van der Waals surface area contributed by atoms with Crippen LogP contribution < -0.4 is 0 Å². The van der Waals surface area contributed by atoms with Crippen LogP contribution in [0.25, 0.3) is 0 Å². The number of likely N-dealkylation sites (tertiary alicyclic amines) is 1. The summed E-state index contributed by atoms with van der Waals surface area (Å²) in [6.07, 6.45) is 4.55. The number of hydrogen-bond donors (Lipinski definition) is 1. The maximum Gasteiger partial charge on any atom is 0.231 e. The lowest BCUT2D eigenvalue weighted by molar-refractivity contribution is -0.174. The number of carbonyl (C=O) groups excluding carboxylic acids is 2. The van der Waals surface area contributed by atoms with E-state index in [-0.39, 0.29) is 17.1 Å². The first-order valence-electron chi connectivity index (χ1n) is 6.47. The lowest BCUT2D eigenvalue weighted by Crippen LogP contribution is -2.68. The molecule has 0 bridgehead atoms. The van der Waals surface area contributed by atoms with Crippen molar-refractivity contribution in [1.29, 1.82) is 0 Å². The molecule has 0 aromatic rings. The number of carbonyl (C=O) groups is 2. The van der Waals surface area contributed by atoms with E-state index in [0.29, 0.717) is 6.54 Å². The highest BCUT2D eigenvalue weighted by molar-refractivity contribution is 5.94. The molecular weight excluding hydrogens is 218 g/mol. The van der Waals surface area contributed by atoms with E-state index in [0.717, 1.165) is 25.7 Å². The average molecular weight is 239 g/mol. The summed E-state index contributed by atoms with van der Waals surface area (Å²) >= 11 is 0. The van der Waals surface area contributed by atoms with Crippen LogP contribution in [0.5, 0.6) is 0 Å². The smallest absolute Gasteiger partial charge is 0.231 e. The predicted octanol–water partition coefficient (Wildman–Crippen LogP) is 1.12. The van der Waals surface area contributed by atoms with Gasteiger partial charge in [-0.25, -0.2) is 0 Å². The van der Waals surface area contributed by atoms with Crippen LogP contribution in [0.15, 0.2) is 0 Å². The zero-order valence-corrected chi connectivity index (χ0v) is 10.6. The van der Waals surface area contributed by atoms with Crippen LogP contribution in [0, 0.1) is 5.41 Å². The summed E-state index contributed by atoms with van der Waals surface area (Å²) in [5, 5.41) is 9.61. The van der Waals surface area contributed by atoms with Gasteiger partial charge in [0.05, 0.1) is 11.5 Å². The minimum Gasteiger partial charge on any atom is -0.391 e. The number of amides is 1. The molecule has 1 N–H and O–H groups in total. The SMILES string of the molecule is CC(=O)[C@H]([C@@H](C)O)N1CC2(CCCCC2)C1=O. The van der Waals surface area contributed by atoms with E-state index in [1.807, 2.05) is 0 Å². The van der Waals surface area contributed by atoms with Gasteiger partial charge < -0.3 is 10.0 Å². The van der Waals surface area contributed by atoms with Crippen molar-refractivity contribution in [3.63, 3.8) is 0 Å². The standard InChI is InChI=1S/C13H21NO3/c1-9(15)11(10(2)16)14-8-13(12(14)17)6-4-3-5-7-13/h9,11,15H,3-8H2,1-2H3/t9-,11+/m1/s1. The van der Waals surface area contributed by atoms with E-state index in [1.54, 1.807) is 11.8 Å². The molecule has 0 radical (unpaired) electrons. The molecule has 1 aliphatic carbocycles. The molecule has 1 amide bonds. The summed E-state index contributed by atoms with van der Waals surface area (Å²) in [4.78, 5) is 25.3. The average Bonchev–Trinajstić information content (AvgIpc) is 2.28. The van der Waals surface area contributed by atoms with Gasteiger partial charge in [-0.15, -0.1) is 0 Å². The third kappa shape index (κ3) is 1.99. The molecule has 0 unspecified atom stereocenters. The normalized spacial score (nSPS) is 26.5. The van der Waals surface area contributed by atoms with Gasteiger partial charge in [0, 0.05) is 6.54 Å². The number of Topliss-reactive ketones (excluding diaryl/α,β-unsaturated/α-hetero) is 1. The molecule has 1 saturated carbocycles. The van der Waals surface area contributed by atoms with Crippen molar-refractivity contribution in [1.82, 2.24) is 4.90 Å². The van der Waals surface area contributed by atoms with Gasteiger partial charge in [-0.3, -0.25) is 9.59 Å². The van der Waals surface area contributed by atoms with Crippen LogP contribution in [-0.4, -0.2) is 40.4 Å². The van der Waals surface area contributed by atoms with Crippen molar-refractivity contribution in [3.05, 3.63) is 0 Å². The second-order valence-corrected chi connectivity index (χ2v) is 5.57. The monoisotopic (exact) mass is 239 g/mol. The molecule has 2 fully saturated rings. The fraction of sp³-hybridized carbons (Fsp3) is 0.846. The zero-order chi connectivity index (χ0) is 12.6. The third-order valence-electron chi connectivity index (χ3n) is 4.21. The van der Waals surface area contributed by atoms with Crippen molar-refractivity contribution in [3.8, 4) is 0 Å². The summed E-state index contributed by atoms with van der Waals surface area (Å²) in [5.41, 5.74) is -0.194. The lowest BCUT2D eigenvalue weighted by Gasteiger charge is -2.53. The second kappa shape index (κ2) is 4.41. The van der Waals surface area contributed by atoms with Crippen LogP contribution >= 0.6 is 0 Å². The van der Waals surface area contributed by atoms with Gasteiger partial charge >= 0.3 is 0 Å². The highest BCUT2D eigenvalue weighted by atomic mass is 16.3. The Morgan fingerprint density at radius 1 is 1.35 bits per heavy atom. The number of aliphatic hydroxyl groups excluding tert-OH is 1. The second-order valence-electron chi connectivity index (χ2n) is 5.57. The Morgan fingerprint density at radius 3 is 2.35 bits per heavy atom. The Hall–Kier alpha value is -0.900. The van der Waals surface area contributed by atoms with Crippen molar-refractivity contribution in [2.24, 2.45) is 5.41 Å². The van der Waals surface area contributed by atoms with Gasteiger partial charge in [0.25, 0.3) is 0 Å². The highest BCUT2D eigenvalue weighted by Crippen LogP contribution is 2.46. The van der Waals surface area contributed by atoms with Crippen LogP contribution in [-0.2, 0) is 9.59 Å². The molecule has 0 aromatic carbocycles. The Kier molecular flexibility index (Phi) is 3.25. The van der Waals surface area contributed by atoms with Gasteiger partial charge in [-0.05, 0) is 26.7 Å². The Morgan fingerprint density at radius 2 is 1.94 bits per heavy atom. The molecule has 4 nitrogen and oxygen atoms in total. The summed E-state index contributed by atoms with van der Waals surface area (Å²) in [6.45, 7) is 3.67. The van der Waals surface area contributed by atoms with E-state index >= 15 is 0 Å². The molecule has 17 heavy (non-hydrogen) atoms. The topological polar surface area (TPSA) is 57.6 Å². The summed E-state index contributed by atoms with van der Waals surface area (Å²) in [5.74, 6) is -0.0442. The van der Waals surface area contributed by atoms with E-state index in [2.05, 4.69) is 0 Å². The van der Waals surface area contributed by atoms with Gasteiger partial charge in [-0.1, -0.05) is 19.3 Å². The quantitative estimate of drug-likeness (QED) is 0.751. The largest absolute Gasteiger partial charge is 0.391 e. The molecule has 1 spiro atoms. The third-order valence-corrected chi connectivity index (χ3v) is 4.21. The molecular formula is C13H21NO3.